The van der Waals surface area contributed by atoms with Crippen molar-refractivity contribution in [1.29, 1.82) is 0 Å². The third-order valence-corrected chi connectivity index (χ3v) is 4.52. The van der Waals surface area contributed by atoms with Crippen molar-refractivity contribution in [3.05, 3.63) is 53.1 Å². The summed E-state index contributed by atoms with van der Waals surface area (Å²) < 4.78 is 13.7. The number of aryl methyl sites for hydroxylation is 1. The zero-order valence-electron chi connectivity index (χ0n) is 16.2. The first-order valence-electron chi connectivity index (χ1n) is 8.81. The molecule has 2 rings (SSSR count). The first-order chi connectivity index (χ1) is 11.8. The molecule has 134 valence electrons. The van der Waals surface area contributed by atoms with Crippen molar-refractivity contribution in [2.24, 2.45) is 4.99 Å². The lowest BCUT2D eigenvalue weighted by Gasteiger charge is -2.19. The zero-order chi connectivity index (χ0) is 18.6. The van der Waals surface area contributed by atoms with Gasteiger partial charge in [-0.2, -0.15) is 0 Å². The van der Waals surface area contributed by atoms with Gasteiger partial charge in [0.1, 0.15) is 6.67 Å². The first kappa shape index (κ1) is 19.2. The summed E-state index contributed by atoms with van der Waals surface area (Å²) in [6, 6.07) is 12.3. The number of benzene rings is 2. The second-order valence-electron chi connectivity index (χ2n) is 7.57. The van der Waals surface area contributed by atoms with Crippen LogP contribution in [0.3, 0.4) is 0 Å². The predicted molar refractivity (Wildman–Crippen MR) is 107 cm³/mol. The van der Waals surface area contributed by atoms with Crippen LogP contribution in [0.25, 0.3) is 11.1 Å². The van der Waals surface area contributed by atoms with Crippen molar-refractivity contribution in [2.75, 3.05) is 13.6 Å². The van der Waals surface area contributed by atoms with Gasteiger partial charge in [0, 0.05) is 13.6 Å². The maximum absolute atomic E-state index is 13.7. The molecule has 0 spiro atoms. The molecule has 25 heavy (non-hydrogen) atoms. The molecule has 0 unspecified atom stereocenters. The van der Waals surface area contributed by atoms with Crippen LogP contribution < -0.4 is 0 Å². The van der Waals surface area contributed by atoms with E-state index in [1.54, 1.807) is 6.34 Å². The van der Waals surface area contributed by atoms with Crippen LogP contribution in [0.5, 0.6) is 0 Å². The smallest absolute Gasteiger partial charge is 0.115 e. The molecule has 0 amide bonds. The maximum Gasteiger partial charge on any atom is 0.115 e. The minimum Gasteiger partial charge on any atom is -0.366 e. The fourth-order valence-corrected chi connectivity index (χ4v) is 2.65. The number of halogens is 1. The van der Waals surface area contributed by atoms with E-state index >= 15 is 0 Å². The first-order valence-corrected chi connectivity index (χ1v) is 8.81. The number of alkyl halides is 1. The highest BCUT2D eigenvalue weighted by Crippen LogP contribution is 2.33. The largest absolute Gasteiger partial charge is 0.366 e. The van der Waals surface area contributed by atoms with Gasteiger partial charge in [-0.05, 0) is 59.2 Å². The summed E-state index contributed by atoms with van der Waals surface area (Å²) in [5.41, 5.74) is 5.93. The van der Waals surface area contributed by atoms with Crippen molar-refractivity contribution in [3.8, 4) is 11.1 Å². The van der Waals surface area contributed by atoms with E-state index in [0.29, 0.717) is 5.56 Å². The van der Waals surface area contributed by atoms with E-state index in [1.807, 2.05) is 31.0 Å². The van der Waals surface area contributed by atoms with Gasteiger partial charge in [0.2, 0.25) is 0 Å². The fraction of sp³-hybridized carbons (Fsp3) is 0.409. The predicted octanol–water partition coefficient (Wildman–Crippen LogP) is 6.04. The van der Waals surface area contributed by atoms with Crippen molar-refractivity contribution < 1.29 is 4.39 Å². The average Bonchev–Trinajstić information content (AvgIpc) is 2.59. The van der Waals surface area contributed by atoms with Crippen molar-refractivity contribution in [2.45, 2.75) is 46.7 Å². The Morgan fingerprint density at radius 1 is 1.12 bits per heavy atom. The monoisotopic (exact) mass is 340 g/mol. The SMILES string of the molecule is CCN(C)C=Nc1cc(CF)c(-c2ccc(C(C)(C)C)cc2)cc1C. The number of aliphatic imine (C=N–C) groups is 1. The van der Waals surface area contributed by atoms with E-state index in [9.17, 15) is 4.39 Å². The van der Waals surface area contributed by atoms with Crippen molar-refractivity contribution in [1.82, 2.24) is 4.90 Å². The van der Waals surface area contributed by atoms with Gasteiger partial charge in [0.15, 0.2) is 0 Å². The number of nitrogens with zero attached hydrogens (tertiary/aromatic N) is 2. The van der Waals surface area contributed by atoms with E-state index < -0.39 is 6.67 Å². The zero-order valence-corrected chi connectivity index (χ0v) is 16.2. The molecule has 3 heteroatoms. The van der Waals surface area contributed by atoms with E-state index in [-0.39, 0.29) is 5.41 Å². The van der Waals surface area contributed by atoms with E-state index in [4.69, 9.17) is 0 Å². The van der Waals surface area contributed by atoms with Crippen molar-refractivity contribution >= 4 is 12.0 Å². The summed E-state index contributed by atoms with van der Waals surface area (Å²) in [6.07, 6.45) is 1.79. The minimum atomic E-state index is -0.497. The molecule has 0 fully saturated rings. The van der Waals surface area contributed by atoms with E-state index in [2.05, 4.69) is 57.0 Å². The van der Waals surface area contributed by atoms with Crippen LogP contribution in [0.2, 0.25) is 0 Å². The van der Waals surface area contributed by atoms with Gasteiger partial charge in [0.05, 0.1) is 12.0 Å². The Morgan fingerprint density at radius 2 is 1.76 bits per heavy atom. The molecule has 0 radical (unpaired) electrons. The molecule has 0 aliphatic rings. The Bertz CT molecular complexity index is 740. The molecule has 0 N–H and O–H groups in total. The van der Waals surface area contributed by atoms with E-state index in [0.717, 1.165) is 28.9 Å². The standard InChI is InChI=1S/C22H29FN2/c1-7-25(6)15-24-21-13-18(14-23)20(12-16(21)2)17-8-10-19(11-9-17)22(3,4)5/h8-13,15H,7,14H2,1-6H3. The molecule has 0 aliphatic carbocycles. The van der Waals surface area contributed by atoms with Crippen LogP contribution in [-0.4, -0.2) is 24.8 Å². The summed E-state index contributed by atoms with van der Waals surface area (Å²) in [5, 5.41) is 0. The Labute approximate surface area is 151 Å². The molecule has 0 atom stereocenters. The molecular weight excluding hydrogens is 311 g/mol. The summed E-state index contributed by atoms with van der Waals surface area (Å²) >= 11 is 0. The van der Waals surface area contributed by atoms with Crippen molar-refractivity contribution in [3.63, 3.8) is 0 Å². The Hall–Kier alpha value is -2.16. The normalized spacial score (nSPS) is 12.0. The summed E-state index contributed by atoms with van der Waals surface area (Å²) in [6.45, 7) is 11.1. The molecule has 2 aromatic rings. The van der Waals surface area contributed by atoms with Gasteiger partial charge in [-0.1, -0.05) is 45.0 Å². The quantitative estimate of drug-likeness (QED) is 0.478. The lowest BCUT2D eigenvalue weighted by Crippen LogP contribution is -2.14. The van der Waals surface area contributed by atoms with E-state index in [1.165, 1.54) is 5.56 Å². The second kappa shape index (κ2) is 7.81. The van der Waals surface area contributed by atoms with Crippen LogP contribution >= 0.6 is 0 Å². The summed E-state index contributed by atoms with van der Waals surface area (Å²) in [5.74, 6) is 0. The van der Waals surface area contributed by atoms with Crippen LogP contribution in [0.15, 0.2) is 41.4 Å². The van der Waals surface area contributed by atoms with Crippen LogP contribution in [-0.2, 0) is 12.1 Å². The number of rotatable bonds is 5. The fourth-order valence-electron chi connectivity index (χ4n) is 2.65. The second-order valence-corrected chi connectivity index (χ2v) is 7.57. The highest BCUT2D eigenvalue weighted by molar-refractivity contribution is 5.73. The van der Waals surface area contributed by atoms with Gasteiger partial charge >= 0.3 is 0 Å². The lowest BCUT2D eigenvalue weighted by molar-refractivity contribution is 0.486. The Balaban J connectivity index is 2.42. The molecule has 2 nitrogen and oxygen atoms in total. The third-order valence-electron chi connectivity index (χ3n) is 4.52. The molecule has 0 bridgehead atoms. The molecule has 0 aromatic heterocycles. The van der Waals surface area contributed by atoms with Crippen LogP contribution in [0.1, 0.15) is 44.4 Å². The third kappa shape index (κ3) is 4.68. The highest BCUT2D eigenvalue weighted by atomic mass is 19.1. The molecule has 0 saturated heterocycles. The van der Waals surface area contributed by atoms with Gasteiger partial charge < -0.3 is 4.90 Å². The average molecular weight is 340 g/mol. The molecular formula is C22H29FN2. The summed E-state index contributed by atoms with van der Waals surface area (Å²) in [4.78, 5) is 6.49. The van der Waals surface area contributed by atoms with Gasteiger partial charge in [-0.3, -0.25) is 0 Å². The van der Waals surface area contributed by atoms with Gasteiger partial charge in [0.25, 0.3) is 0 Å². The topological polar surface area (TPSA) is 15.6 Å². The Morgan fingerprint density at radius 3 is 2.28 bits per heavy atom. The minimum absolute atomic E-state index is 0.112. The highest BCUT2D eigenvalue weighted by Gasteiger charge is 2.14. The number of hydrogen-bond donors (Lipinski definition) is 0. The van der Waals surface area contributed by atoms with Crippen LogP contribution in [0, 0.1) is 6.92 Å². The molecule has 2 aromatic carbocycles. The lowest BCUT2D eigenvalue weighted by atomic mass is 9.86. The maximum atomic E-state index is 13.7. The molecule has 0 heterocycles. The van der Waals surface area contributed by atoms with Crippen LogP contribution in [0.4, 0.5) is 10.1 Å². The Kier molecular flexibility index (Phi) is 5.99. The molecule has 0 saturated carbocycles. The number of hydrogen-bond acceptors (Lipinski definition) is 1. The van der Waals surface area contributed by atoms with Gasteiger partial charge in [-0.15, -0.1) is 0 Å². The summed E-state index contributed by atoms with van der Waals surface area (Å²) in [7, 11) is 1.97. The van der Waals surface area contributed by atoms with Gasteiger partial charge in [-0.25, -0.2) is 9.38 Å². The molecule has 0 aliphatic heterocycles.